The van der Waals surface area contributed by atoms with E-state index in [0.29, 0.717) is 5.75 Å². The van der Waals surface area contributed by atoms with Crippen LogP contribution in [0.1, 0.15) is 0 Å². The van der Waals surface area contributed by atoms with Gasteiger partial charge in [-0.1, -0.05) is 0 Å². The van der Waals surface area contributed by atoms with Gasteiger partial charge in [-0.3, -0.25) is 0 Å². The molecule has 0 aliphatic carbocycles. The summed E-state index contributed by atoms with van der Waals surface area (Å²) >= 11 is 5.91. The predicted molar refractivity (Wildman–Crippen MR) is 82.0 cm³/mol. The largest absolute Gasteiger partial charge is 0.493 e. The molecule has 0 bridgehead atoms. The molecule has 10 heteroatoms. The summed E-state index contributed by atoms with van der Waals surface area (Å²) in [6.07, 6.45) is 0. The summed E-state index contributed by atoms with van der Waals surface area (Å²) < 4.78 is 60.1. The van der Waals surface area contributed by atoms with Crippen molar-refractivity contribution in [2.45, 2.75) is 16.3 Å². The van der Waals surface area contributed by atoms with Crippen LogP contribution in [0.5, 0.6) is 11.5 Å². The molecule has 0 saturated carbocycles. The van der Waals surface area contributed by atoms with Gasteiger partial charge in [-0.25, -0.2) is 21.6 Å². The molecule has 22 heavy (non-hydrogen) atoms. The quantitative estimate of drug-likeness (QED) is 0.754. The van der Waals surface area contributed by atoms with Crippen molar-refractivity contribution in [2.75, 3.05) is 25.7 Å². The van der Waals surface area contributed by atoms with E-state index >= 15 is 0 Å². The minimum absolute atomic E-state index is 0.0571. The lowest BCUT2D eigenvalue weighted by molar-refractivity contribution is 0.354. The minimum Gasteiger partial charge on any atom is -0.493 e. The highest BCUT2D eigenvalue weighted by atomic mass is 35.5. The average Bonchev–Trinajstić information content (AvgIpc) is 2.69. The molecule has 1 fully saturated rings. The maximum Gasteiger partial charge on any atom is 0.241 e. The zero-order valence-electron chi connectivity index (χ0n) is 11.9. The summed E-state index contributed by atoms with van der Waals surface area (Å²) in [7, 11) is -4.42. The van der Waals surface area contributed by atoms with Gasteiger partial charge in [-0.2, -0.15) is 0 Å². The van der Waals surface area contributed by atoms with Crippen LogP contribution in [0, 0.1) is 0 Å². The van der Waals surface area contributed by atoms with Crippen LogP contribution >= 0.6 is 11.6 Å². The van der Waals surface area contributed by atoms with Gasteiger partial charge in [0.05, 0.1) is 42.0 Å². The molecule has 0 aromatic heterocycles. The Kier molecular flexibility index (Phi) is 4.90. The van der Waals surface area contributed by atoms with E-state index in [1.165, 1.54) is 32.4 Å². The fraction of sp³-hybridized carbons (Fsp3) is 0.500. The average molecular weight is 370 g/mol. The number of rotatable bonds is 5. The number of hydrogen-bond acceptors (Lipinski definition) is 6. The highest BCUT2D eigenvalue weighted by molar-refractivity contribution is 7.92. The molecule has 1 aromatic carbocycles. The number of methoxy groups -OCH3 is 2. The van der Waals surface area contributed by atoms with Crippen LogP contribution in [0.15, 0.2) is 23.1 Å². The molecule has 1 saturated heterocycles. The molecule has 0 unspecified atom stereocenters. The summed E-state index contributed by atoms with van der Waals surface area (Å²) in [5.41, 5.74) is 0. The van der Waals surface area contributed by atoms with Crippen LogP contribution in [-0.4, -0.2) is 54.0 Å². The Bertz CT molecular complexity index is 762. The molecule has 1 aromatic rings. The van der Waals surface area contributed by atoms with E-state index in [2.05, 4.69) is 4.72 Å². The van der Waals surface area contributed by atoms with Crippen molar-refractivity contribution in [2.24, 2.45) is 0 Å². The number of sulfone groups is 1. The first-order valence-corrected chi connectivity index (χ1v) is 10.0. The third-order valence-electron chi connectivity index (χ3n) is 3.26. The number of sulfonamides is 1. The number of nitrogens with one attached hydrogen (secondary N) is 1. The molecule has 2 rings (SSSR count). The molecular weight excluding hydrogens is 354 g/mol. The van der Waals surface area contributed by atoms with Gasteiger partial charge < -0.3 is 9.47 Å². The Hall–Kier alpha value is -1.03. The molecule has 0 spiro atoms. The van der Waals surface area contributed by atoms with E-state index in [1.807, 2.05) is 0 Å². The molecule has 0 radical (unpaired) electrons. The molecule has 0 amide bonds. The minimum atomic E-state index is -3.92. The molecule has 124 valence electrons. The van der Waals surface area contributed by atoms with Gasteiger partial charge in [0.25, 0.3) is 0 Å². The van der Waals surface area contributed by atoms with E-state index in [0.717, 1.165) is 0 Å². The van der Waals surface area contributed by atoms with Crippen LogP contribution in [0.3, 0.4) is 0 Å². The molecule has 7 nitrogen and oxygen atoms in total. The van der Waals surface area contributed by atoms with Gasteiger partial charge in [0.2, 0.25) is 10.0 Å². The van der Waals surface area contributed by atoms with Gasteiger partial charge in [-0.05, 0) is 12.1 Å². The SMILES string of the molecule is COc1ccc(S(=O)(=O)N[C@@H]2CS(=O)(=O)C[C@@H]2Cl)cc1OC. The van der Waals surface area contributed by atoms with Crippen LogP contribution in [0.4, 0.5) is 0 Å². The summed E-state index contributed by atoms with van der Waals surface area (Å²) in [5, 5.41) is -0.792. The summed E-state index contributed by atoms with van der Waals surface area (Å²) in [5.74, 6) is 0.0911. The molecular formula is C12H16ClNO6S2. The lowest BCUT2D eigenvalue weighted by atomic mass is 10.3. The fourth-order valence-corrected chi connectivity index (χ4v) is 6.19. The summed E-state index contributed by atoms with van der Waals surface area (Å²) in [4.78, 5) is -0.0571. The van der Waals surface area contributed by atoms with Crippen molar-refractivity contribution < 1.29 is 26.3 Å². The third-order valence-corrected chi connectivity index (χ3v) is 7.12. The van der Waals surface area contributed by atoms with E-state index in [4.69, 9.17) is 21.1 Å². The Morgan fingerprint density at radius 3 is 2.32 bits per heavy atom. The highest BCUT2D eigenvalue weighted by Crippen LogP contribution is 2.30. The first kappa shape index (κ1) is 17.3. The van der Waals surface area contributed by atoms with Crippen molar-refractivity contribution in [1.82, 2.24) is 4.72 Å². The van der Waals surface area contributed by atoms with Crippen molar-refractivity contribution in [3.8, 4) is 11.5 Å². The van der Waals surface area contributed by atoms with E-state index < -0.39 is 31.3 Å². The lowest BCUT2D eigenvalue weighted by Gasteiger charge is -2.15. The monoisotopic (exact) mass is 369 g/mol. The number of benzene rings is 1. The van der Waals surface area contributed by atoms with Gasteiger partial charge in [-0.15, -0.1) is 11.6 Å². The zero-order valence-corrected chi connectivity index (χ0v) is 14.3. The Morgan fingerprint density at radius 2 is 1.82 bits per heavy atom. The number of alkyl halides is 1. The van der Waals surface area contributed by atoms with Crippen molar-refractivity contribution >= 4 is 31.5 Å². The van der Waals surface area contributed by atoms with Gasteiger partial charge in [0.15, 0.2) is 21.3 Å². The Morgan fingerprint density at radius 1 is 1.18 bits per heavy atom. The zero-order chi connectivity index (χ0) is 16.5. The fourth-order valence-electron chi connectivity index (χ4n) is 2.16. The lowest BCUT2D eigenvalue weighted by Crippen LogP contribution is -2.40. The number of ether oxygens (including phenoxy) is 2. The maximum absolute atomic E-state index is 12.4. The second-order valence-corrected chi connectivity index (χ2v) is 9.27. The maximum atomic E-state index is 12.4. The van der Waals surface area contributed by atoms with Crippen LogP contribution < -0.4 is 14.2 Å². The van der Waals surface area contributed by atoms with Crippen molar-refractivity contribution in [3.63, 3.8) is 0 Å². The highest BCUT2D eigenvalue weighted by Gasteiger charge is 2.39. The standard InChI is InChI=1S/C12H16ClNO6S2/c1-19-11-4-3-8(5-12(11)20-2)22(17,18)14-10-7-21(15,16)6-9(10)13/h3-5,9-10,14H,6-7H2,1-2H3/t9-,10+/m0/s1. The topological polar surface area (TPSA) is 98.8 Å². The van der Waals surface area contributed by atoms with E-state index in [-0.39, 0.29) is 22.2 Å². The first-order valence-electron chi connectivity index (χ1n) is 6.27. The molecule has 2 atom stereocenters. The second kappa shape index (κ2) is 6.23. The molecule has 1 aliphatic rings. The van der Waals surface area contributed by atoms with Gasteiger partial charge in [0.1, 0.15) is 0 Å². The smallest absolute Gasteiger partial charge is 0.241 e. The second-order valence-electron chi connectivity index (χ2n) is 4.84. The normalized spacial score (nSPS) is 24.1. The number of hydrogen-bond donors (Lipinski definition) is 1. The van der Waals surface area contributed by atoms with E-state index in [1.54, 1.807) is 0 Å². The first-order chi connectivity index (χ1) is 10.2. The van der Waals surface area contributed by atoms with Crippen LogP contribution in [-0.2, 0) is 19.9 Å². The van der Waals surface area contributed by atoms with Crippen molar-refractivity contribution in [1.29, 1.82) is 0 Å². The van der Waals surface area contributed by atoms with Crippen LogP contribution in [0.2, 0.25) is 0 Å². The van der Waals surface area contributed by atoms with Crippen molar-refractivity contribution in [3.05, 3.63) is 18.2 Å². The summed E-state index contributed by atoms with van der Waals surface area (Å²) in [6.45, 7) is 0. The Balaban J connectivity index is 2.28. The van der Waals surface area contributed by atoms with Crippen LogP contribution in [0.25, 0.3) is 0 Å². The molecule has 1 heterocycles. The molecule has 1 N–H and O–H groups in total. The summed E-state index contributed by atoms with van der Waals surface area (Å²) in [6, 6.07) is 3.24. The van der Waals surface area contributed by atoms with Gasteiger partial charge in [0, 0.05) is 6.07 Å². The van der Waals surface area contributed by atoms with Gasteiger partial charge >= 0.3 is 0 Å². The third kappa shape index (κ3) is 3.65. The van der Waals surface area contributed by atoms with E-state index in [9.17, 15) is 16.8 Å². The molecule has 1 aliphatic heterocycles. The Labute approximate surface area is 134 Å². The predicted octanol–water partition coefficient (Wildman–Crippen LogP) is 0.386. The number of halogens is 1.